The molecule has 0 aromatic heterocycles. The van der Waals surface area contributed by atoms with Crippen LogP contribution in [-0.2, 0) is 18.7 Å². The zero-order chi connectivity index (χ0) is 17.9. The average Bonchev–Trinajstić information content (AvgIpc) is 2.42. The van der Waals surface area contributed by atoms with Crippen molar-refractivity contribution in [2.45, 2.75) is 70.6 Å². The molecule has 0 unspecified atom stereocenters. The van der Waals surface area contributed by atoms with Crippen molar-refractivity contribution in [1.29, 1.82) is 0 Å². The Kier molecular flexibility index (Phi) is 11.1. The highest BCUT2D eigenvalue weighted by atomic mass is 31.2. The van der Waals surface area contributed by atoms with Crippen LogP contribution in [0.5, 0.6) is 0 Å². The average molecular weight is 372 g/mol. The summed E-state index contributed by atoms with van der Waals surface area (Å²) in [5.41, 5.74) is -2.00. The van der Waals surface area contributed by atoms with Crippen molar-refractivity contribution in [3.8, 4) is 0 Å². The van der Waals surface area contributed by atoms with Gasteiger partial charge in [0.05, 0.1) is 0 Å². The molecule has 0 rings (SSSR count). The van der Waals surface area contributed by atoms with Gasteiger partial charge in [-0.15, -0.1) is 0 Å². The molecule has 0 aromatic rings. The van der Waals surface area contributed by atoms with Gasteiger partial charge in [-0.05, 0) is 12.8 Å². The summed E-state index contributed by atoms with van der Waals surface area (Å²) in [6.45, 7) is 0. The lowest BCUT2D eigenvalue weighted by Gasteiger charge is -2.04. The van der Waals surface area contributed by atoms with E-state index in [1.54, 1.807) is 0 Å². The van der Waals surface area contributed by atoms with Crippen molar-refractivity contribution in [2.24, 2.45) is 0 Å². The monoisotopic (exact) mass is 372 g/mol. The van der Waals surface area contributed by atoms with Crippen LogP contribution in [0.25, 0.3) is 0 Å². The first kappa shape index (κ1) is 22.6. The number of rotatable bonds is 14. The summed E-state index contributed by atoms with van der Waals surface area (Å²) >= 11 is 0. The first-order valence-electron chi connectivity index (χ1n) is 7.73. The smallest absolute Gasteiger partial charge is 0.319 e. The maximum absolute atomic E-state index is 11.0. The minimum Gasteiger partial charge on any atom is -0.319 e. The van der Waals surface area contributed by atoms with Crippen LogP contribution in [0, 0.1) is 0 Å². The van der Waals surface area contributed by atoms with E-state index in [1.807, 2.05) is 0 Å². The fraction of sp³-hybridized carbons (Fsp3) is 0.846. The predicted octanol–water partition coefficient (Wildman–Crippen LogP) is 2.69. The zero-order valence-corrected chi connectivity index (χ0v) is 14.9. The Bertz CT molecular complexity index is 423. The van der Waals surface area contributed by atoms with E-state index >= 15 is 0 Å². The van der Waals surface area contributed by atoms with E-state index < -0.39 is 26.2 Å². The van der Waals surface area contributed by atoms with Gasteiger partial charge in [0.2, 0.25) is 11.0 Å². The van der Waals surface area contributed by atoms with E-state index in [4.69, 9.17) is 19.6 Å². The van der Waals surface area contributed by atoms with Crippen molar-refractivity contribution in [1.82, 2.24) is 0 Å². The standard InChI is InChI=1S/C13H26O8P2/c14-12(22(16,17)18)10-8-6-4-2-1-3-5-7-9-11-13(15)23(19,20)21/h1-11H2,(H2,16,17,18)(H2,19,20,21). The maximum atomic E-state index is 11.0. The zero-order valence-electron chi connectivity index (χ0n) is 13.1. The molecule has 0 saturated carbocycles. The van der Waals surface area contributed by atoms with Gasteiger partial charge in [-0.2, -0.15) is 0 Å². The number of hydrogen-bond acceptors (Lipinski definition) is 4. The van der Waals surface area contributed by atoms with E-state index in [0.29, 0.717) is 12.8 Å². The molecule has 0 aliphatic heterocycles. The maximum Gasteiger partial charge on any atom is 0.391 e. The normalized spacial score (nSPS) is 12.3. The lowest BCUT2D eigenvalue weighted by Crippen LogP contribution is -1.98. The fourth-order valence-corrected chi connectivity index (χ4v) is 2.98. The second-order valence-corrected chi connectivity index (χ2v) is 8.73. The molecule has 0 aliphatic rings. The van der Waals surface area contributed by atoms with Crippen LogP contribution in [0.15, 0.2) is 0 Å². The first-order chi connectivity index (χ1) is 10.5. The topological polar surface area (TPSA) is 149 Å². The van der Waals surface area contributed by atoms with Gasteiger partial charge in [-0.3, -0.25) is 18.7 Å². The number of carbonyl (C=O) groups is 2. The van der Waals surface area contributed by atoms with E-state index in [0.717, 1.165) is 44.9 Å². The third-order valence-electron chi connectivity index (χ3n) is 3.43. The minimum absolute atomic E-state index is 0.0854. The van der Waals surface area contributed by atoms with Crippen LogP contribution >= 0.6 is 15.2 Å². The minimum atomic E-state index is -4.56. The Labute approximate surface area is 136 Å². The van der Waals surface area contributed by atoms with Crippen LogP contribution in [0.1, 0.15) is 70.6 Å². The SMILES string of the molecule is O=C(CCCCCCCCCCCC(=O)P(=O)(O)O)P(=O)(O)O. The second kappa shape index (κ2) is 11.2. The van der Waals surface area contributed by atoms with Crippen LogP contribution in [-0.4, -0.2) is 30.6 Å². The highest BCUT2D eigenvalue weighted by molar-refractivity contribution is 7.70. The molecule has 23 heavy (non-hydrogen) atoms. The molecule has 0 bridgehead atoms. The summed E-state index contributed by atoms with van der Waals surface area (Å²) in [4.78, 5) is 56.4. The second-order valence-electron chi connectivity index (χ2n) is 5.56. The third-order valence-corrected chi connectivity index (χ3v) is 5.18. The molecule has 10 heteroatoms. The number of unbranched alkanes of at least 4 members (excludes halogenated alkanes) is 8. The number of hydrogen-bond donors (Lipinski definition) is 4. The van der Waals surface area contributed by atoms with Crippen molar-refractivity contribution in [3.05, 3.63) is 0 Å². The van der Waals surface area contributed by atoms with Gasteiger partial charge < -0.3 is 19.6 Å². The molecule has 0 amide bonds. The Morgan fingerprint density at radius 2 is 0.739 bits per heavy atom. The molecule has 0 saturated heterocycles. The third kappa shape index (κ3) is 12.7. The van der Waals surface area contributed by atoms with E-state index in [9.17, 15) is 18.7 Å². The first-order valence-corrected chi connectivity index (χ1v) is 11.0. The summed E-state index contributed by atoms with van der Waals surface area (Å²) < 4.78 is 21.2. The molecule has 0 aromatic carbocycles. The summed E-state index contributed by atoms with van der Waals surface area (Å²) in [5, 5.41) is 0. The van der Waals surface area contributed by atoms with Gasteiger partial charge in [-0.25, -0.2) is 0 Å². The molecule has 0 aliphatic carbocycles. The quantitative estimate of drug-likeness (QED) is 0.268. The van der Waals surface area contributed by atoms with Gasteiger partial charge in [-0.1, -0.05) is 44.9 Å². The molecule has 136 valence electrons. The van der Waals surface area contributed by atoms with Crippen LogP contribution in [0.2, 0.25) is 0 Å². The van der Waals surface area contributed by atoms with Crippen LogP contribution in [0.4, 0.5) is 0 Å². The largest absolute Gasteiger partial charge is 0.391 e. The predicted molar refractivity (Wildman–Crippen MR) is 84.9 cm³/mol. The van der Waals surface area contributed by atoms with E-state index in [1.165, 1.54) is 0 Å². The highest BCUT2D eigenvalue weighted by Crippen LogP contribution is 2.38. The van der Waals surface area contributed by atoms with Crippen molar-refractivity contribution in [2.75, 3.05) is 0 Å². The summed E-state index contributed by atoms with van der Waals surface area (Å²) in [6, 6.07) is 0. The van der Waals surface area contributed by atoms with Crippen molar-refractivity contribution < 1.29 is 38.3 Å². The lowest BCUT2D eigenvalue weighted by atomic mass is 10.1. The Hall–Kier alpha value is -0.360. The molecule has 0 heterocycles. The number of carbonyl (C=O) groups excluding carboxylic acids is 2. The molecular formula is C13H26O8P2. The highest BCUT2D eigenvalue weighted by Gasteiger charge is 2.24. The van der Waals surface area contributed by atoms with Crippen LogP contribution in [0.3, 0.4) is 0 Å². The van der Waals surface area contributed by atoms with Gasteiger partial charge >= 0.3 is 15.2 Å². The molecule has 4 N–H and O–H groups in total. The van der Waals surface area contributed by atoms with Gasteiger partial charge in [0.1, 0.15) is 0 Å². The van der Waals surface area contributed by atoms with E-state index in [-0.39, 0.29) is 12.8 Å². The summed E-state index contributed by atoms with van der Waals surface area (Å²) in [5.74, 6) is 0. The van der Waals surface area contributed by atoms with Crippen molar-refractivity contribution in [3.63, 3.8) is 0 Å². The molecule has 0 atom stereocenters. The molecule has 8 nitrogen and oxygen atoms in total. The van der Waals surface area contributed by atoms with Gasteiger partial charge in [0.15, 0.2) is 0 Å². The molecule has 0 spiro atoms. The fourth-order valence-electron chi connectivity index (χ4n) is 2.08. The molecule has 0 radical (unpaired) electrons. The lowest BCUT2D eigenvalue weighted by molar-refractivity contribution is -0.114. The van der Waals surface area contributed by atoms with Crippen LogP contribution < -0.4 is 0 Å². The van der Waals surface area contributed by atoms with Gasteiger partial charge in [0, 0.05) is 12.8 Å². The molecular weight excluding hydrogens is 346 g/mol. The Balaban J connectivity index is 3.38. The summed E-state index contributed by atoms with van der Waals surface area (Å²) in [7, 11) is -9.13. The summed E-state index contributed by atoms with van der Waals surface area (Å²) in [6.07, 6.45) is 7.00. The van der Waals surface area contributed by atoms with Gasteiger partial charge in [0.25, 0.3) is 0 Å². The molecule has 0 fully saturated rings. The Morgan fingerprint density at radius 3 is 0.957 bits per heavy atom. The van der Waals surface area contributed by atoms with E-state index in [2.05, 4.69) is 0 Å². The van der Waals surface area contributed by atoms with Crippen molar-refractivity contribution >= 4 is 26.2 Å². The Morgan fingerprint density at radius 1 is 0.522 bits per heavy atom.